The van der Waals surface area contributed by atoms with Crippen LogP contribution in [0.1, 0.15) is 27.4 Å². The van der Waals surface area contributed by atoms with Gasteiger partial charge >= 0.3 is 5.69 Å². The lowest BCUT2D eigenvalue weighted by Crippen LogP contribution is -2.21. The topological polar surface area (TPSA) is 90.8 Å². The standard InChI is InChI=1S/C21H20N4O4/c1-14-18(11-17(29-14)13-28-2)20(26)22-16-7-5-6-15(10-16)12-25-21(27)24-9-4-3-8-19(24)23-25/h3-11H,12-13H2,1-2H3,(H,22,26). The molecule has 0 atom stereocenters. The van der Waals surface area contributed by atoms with Gasteiger partial charge in [-0.1, -0.05) is 18.2 Å². The minimum absolute atomic E-state index is 0.213. The van der Waals surface area contributed by atoms with Crippen molar-refractivity contribution in [3.05, 3.63) is 87.9 Å². The maximum Gasteiger partial charge on any atom is 0.350 e. The first kappa shape index (κ1) is 18.7. The highest BCUT2D eigenvalue weighted by Gasteiger charge is 2.15. The number of carbonyl (C=O) groups excluding carboxylic acids is 1. The number of nitrogens with zero attached hydrogens (tertiary/aromatic N) is 3. The third kappa shape index (κ3) is 3.83. The van der Waals surface area contributed by atoms with Crippen LogP contribution in [-0.4, -0.2) is 27.2 Å². The zero-order chi connectivity index (χ0) is 20.4. The van der Waals surface area contributed by atoms with Crippen molar-refractivity contribution in [2.24, 2.45) is 0 Å². The van der Waals surface area contributed by atoms with Crippen molar-refractivity contribution in [1.29, 1.82) is 0 Å². The van der Waals surface area contributed by atoms with Gasteiger partial charge in [-0.25, -0.2) is 9.48 Å². The van der Waals surface area contributed by atoms with E-state index in [1.54, 1.807) is 44.5 Å². The molecule has 0 fully saturated rings. The highest BCUT2D eigenvalue weighted by atomic mass is 16.5. The maximum atomic E-state index is 12.6. The molecule has 29 heavy (non-hydrogen) atoms. The number of anilines is 1. The molecule has 0 bridgehead atoms. The summed E-state index contributed by atoms with van der Waals surface area (Å²) in [4.78, 5) is 25.1. The van der Waals surface area contributed by atoms with Crippen LogP contribution >= 0.6 is 0 Å². The summed E-state index contributed by atoms with van der Waals surface area (Å²) in [5, 5.41) is 7.20. The molecule has 0 unspecified atom stereocenters. The summed E-state index contributed by atoms with van der Waals surface area (Å²) in [5.74, 6) is 0.854. The molecule has 0 aliphatic carbocycles. The molecule has 0 aliphatic rings. The lowest BCUT2D eigenvalue weighted by Gasteiger charge is -2.07. The number of furan rings is 1. The Morgan fingerprint density at radius 2 is 2.07 bits per heavy atom. The molecule has 3 aromatic heterocycles. The first-order valence-electron chi connectivity index (χ1n) is 9.08. The Morgan fingerprint density at radius 1 is 1.21 bits per heavy atom. The van der Waals surface area contributed by atoms with Crippen molar-refractivity contribution in [1.82, 2.24) is 14.2 Å². The molecule has 0 aliphatic heterocycles. The van der Waals surface area contributed by atoms with E-state index in [9.17, 15) is 9.59 Å². The third-order valence-corrected chi connectivity index (χ3v) is 4.51. The van der Waals surface area contributed by atoms with E-state index in [1.807, 2.05) is 24.3 Å². The summed E-state index contributed by atoms with van der Waals surface area (Å²) in [6, 6.07) is 14.4. The summed E-state index contributed by atoms with van der Waals surface area (Å²) >= 11 is 0. The summed E-state index contributed by atoms with van der Waals surface area (Å²) in [7, 11) is 1.57. The van der Waals surface area contributed by atoms with Crippen LogP contribution in [0.5, 0.6) is 0 Å². The van der Waals surface area contributed by atoms with Gasteiger partial charge in [0.1, 0.15) is 18.1 Å². The van der Waals surface area contributed by atoms with Crippen LogP contribution in [-0.2, 0) is 17.9 Å². The van der Waals surface area contributed by atoms with E-state index in [0.29, 0.717) is 41.6 Å². The van der Waals surface area contributed by atoms with E-state index in [4.69, 9.17) is 9.15 Å². The fourth-order valence-electron chi connectivity index (χ4n) is 3.17. The second kappa shape index (κ2) is 7.76. The second-order valence-electron chi connectivity index (χ2n) is 6.64. The molecule has 0 spiro atoms. The molecule has 4 aromatic rings. The smallest absolute Gasteiger partial charge is 0.350 e. The van der Waals surface area contributed by atoms with Crippen LogP contribution in [0.15, 0.2) is 63.9 Å². The van der Waals surface area contributed by atoms with Crippen molar-refractivity contribution >= 4 is 17.2 Å². The molecule has 1 amide bonds. The molecule has 3 heterocycles. The van der Waals surface area contributed by atoms with Crippen molar-refractivity contribution in [2.45, 2.75) is 20.1 Å². The summed E-state index contributed by atoms with van der Waals surface area (Å²) < 4.78 is 13.4. The zero-order valence-electron chi connectivity index (χ0n) is 16.1. The molecule has 0 saturated heterocycles. The Hall–Kier alpha value is -3.65. The third-order valence-electron chi connectivity index (χ3n) is 4.51. The number of ether oxygens (including phenoxy) is 1. The number of methoxy groups -OCH3 is 1. The quantitative estimate of drug-likeness (QED) is 0.545. The normalized spacial score (nSPS) is 11.1. The first-order chi connectivity index (χ1) is 14.0. The molecule has 1 aromatic carbocycles. The minimum Gasteiger partial charge on any atom is -0.463 e. The van der Waals surface area contributed by atoms with Gasteiger partial charge in [-0.3, -0.25) is 9.20 Å². The van der Waals surface area contributed by atoms with Crippen LogP contribution in [0.25, 0.3) is 5.65 Å². The maximum absolute atomic E-state index is 12.6. The molecular weight excluding hydrogens is 372 g/mol. The lowest BCUT2D eigenvalue weighted by molar-refractivity contribution is 0.102. The molecule has 8 heteroatoms. The van der Waals surface area contributed by atoms with Gasteiger partial charge in [-0.05, 0) is 42.8 Å². The average molecular weight is 392 g/mol. The minimum atomic E-state index is -0.268. The van der Waals surface area contributed by atoms with Gasteiger partial charge in [0.25, 0.3) is 5.91 Å². The number of fused-ring (bicyclic) bond motifs is 1. The number of carbonyl (C=O) groups is 1. The number of hydrogen-bond acceptors (Lipinski definition) is 5. The summed E-state index contributed by atoms with van der Waals surface area (Å²) in [6.07, 6.45) is 1.68. The predicted molar refractivity (Wildman–Crippen MR) is 107 cm³/mol. The largest absolute Gasteiger partial charge is 0.463 e. The Labute approximate surface area is 166 Å². The van der Waals surface area contributed by atoms with Gasteiger partial charge in [0.2, 0.25) is 0 Å². The fraction of sp³-hybridized carbons (Fsp3) is 0.190. The molecular formula is C21H20N4O4. The van der Waals surface area contributed by atoms with Crippen molar-refractivity contribution < 1.29 is 13.9 Å². The van der Waals surface area contributed by atoms with E-state index in [2.05, 4.69) is 10.4 Å². The van der Waals surface area contributed by atoms with E-state index in [1.165, 1.54) is 9.08 Å². The van der Waals surface area contributed by atoms with Gasteiger partial charge in [0.15, 0.2) is 5.65 Å². The van der Waals surface area contributed by atoms with Crippen LogP contribution < -0.4 is 11.0 Å². The van der Waals surface area contributed by atoms with Gasteiger partial charge < -0.3 is 14.5 Å². The Balaban J connectivity index is 1.53. The molecule has 1 N–H and O–H groups in total. The van der Waals surface area contributed by atoms with Crippen molar-refractivity contribution in [2.75, 3.05) is 12.4 Å². The van der Waals surface area contributed by atoms with Gasteiger partial charge in [-0.15, -0.1) is 5.10 Å². The first-order valence-corrected chi connectivity index (χ1v) is 9.08. The molecule has 0 saturated carbocycles. The van der Waals surface area contributed by atoms with Crippen LogP contribution in [0.2, 0.25) is 0 Å². The average Bonchev–Trinajstić information content (AvgIpc) is 3.23. The Morgan fingerprint density at radius 3 is 2.86 bits per heavy atom. The molecule has 4 rings (SSSR count). The van der Waals surface area contributed by atoms with Crippen LogP contribution in [0.3, 0.4) is 0 Å². The number of aromatic nitrogens is 3. The number of aryl methyl sites for hydroxylation is 1. The number of nitrogens with one attached hydrogen (secondary N) is 1. The Kier molecular flexibility index (Phi) is 5.01. The number of benzene rings is 1. The number of hydrogen-bond donors (Lipinski definition) is 1. The lowest BCUT2D eigenvalue weighted by atomic mass is 10.2. The Bertz CT molecular complexity index is 1230. The number of pyridine rings is 1. The predicted octanol–water partition coefficient (Wildman–Crippen LogP) is 2.84. The molecule has 0 radical (unpaired) electrons. The second-order valence-corrected chi connectivity index (χ2v) is 6.64. The van der Waals surface area contributed by atoms with E-state index < -0.39 is 0 Å². The fourth-order valence-corrected chi connectivity index (χ4v) is 3.17. The van der Waals surface area contributed by atoms with E-state index >= 15 is 0 Å². The van der Waals surface area contributed by atoms with Crippen LogP contribution in [0, 0.1) is 6.92 Å². The number of amides is 1. The molecule has 8 nitrogen and oxygen atoms in total. The van der Waals surface area contributed by atoms with Crippen molar-refractivity contribution in [3.63, 3.8) is 0 Å². The van der Waals surface area contributed by atoms with Gasteiger partial charge in [0, 0.05) is 19.0 Å². The van der Waals surface area contributed by atoms with Gasteiger partial charge in [-0.2, -0.15) is 0 Å². The van der Waals surface area contributed by atoms with E-state index in [-0.39, 0.29) is 11.6 Å². The van der Waals surface area contributed by atoms with Crippen molar-refractivity contribution in [3.8, 4) is 0 Å². The van der Waals surface area contributed by atoms with Crippen LogP contribution in [0.4, 0.5) is 5.69 Å². The SMILES string of the molecule is COCc1cc(C(=O)Nc2cccc(Cn3nc4ccccn4c3=O)c2)c(C)o1. The molecule has 148 valence electrons. The number of rotatable bonds is 6. The monoisotopic (exact) mass is 392 g/mol. The summed E-state index contributed by atoms with van der Waals surface area (Å²) in [5.41, 5.74) is 2.30. The zero-order valence-corrected chi connectivity index (χ0v) is 16.1. The van der Waals surface area contributed by atoms with Gasteiger partial charge in [0.05, 0.1) is 12.1 Å². The summed E-state index contributed by atoms with van der Waals surface area (Å²) in [6.45, 7) is 2.34. The highest BCUT2D eigenvalue weighted by molar-refractivity contribution is 6.05. The van der Waals surface area contributed by atoms with E-state index in [0.717, 1.165) is 5.56 Å². The highest BCUT2D eigenvalue weighted by Crippen LogP contribution is 2.18.